The minimum absolute atomic E-state index is 0.739. The molecule has 2 rings (SSSR count). The number of halogens is 1. The fourth-order valence-corrected chi connectivity index (χ4v) is 1.41. The number of nitrogens with zero attached hydrogens (tertiary/aromatic N) is 1. The second kappa shape index (κ2) is 3.04. The smallest absolute Gasteiger partial charge is 0.195 e. The molecule has 0 atom stereocenters. The third-order valence-electron chi connectivity index (χ3n) is 2.02. The summed E-state index contributed by atoms with van der Waals surface area (Å²) < 4.78 is 5.48. The van der Waals surface area contributed by atoms with Gasteiger partial charge in [0.1, 0.15) is 5.52 Å². The van der Waals surface area contributed by atoms with Crippen molar-refractivity contribution < 1.29 is 4.42 Å². The standard InChI is InChI=1S/C10H10ClNO/c1-3-10-12-8-5-7(11)6(2)4-9(8)13-10/h4-5H,3H2,1-2H3. The lowest BCUT2D eigenvalue weighted by molar-refractivity contribution is 0.538. The number of hydrogen-bond donors (Lipinski definition) is 0. The van der Waals surface area contributed by atoms with Crippen molar-refractivity contribution >= 4 is 22.7 Å². The van der Waals surface area contributed by atoms with Gasteiger partial charge >= 0.3 is 0 Å². The highest BCUT2D eigenvalue weighted by Crippen LogP contribution is 2.23. The number of hydrogen-bond acceptors (Lipinski definition) is 2. The molecule has 0 bridgehead atoms. The molecule has 13 heavy (non-hydrogen) atoms. The van der Waals surface area contributed by atoms with E-state index >= 15 is 0 Å². The largest absolute Gasteiger partial charge is 0.441 e. The zero-order valence-corrected chi connectivity index (χ0v) is 8.35. The molecule has 0 aliphatic rings. The summed E-state index contributed by atoms with van der Waals surface area (Å²) in [4.78, 5) is 4.28. The normalized spacial score (nSPS) is 11.0. The molecule has 0 fully saturated rings. The maximum atomic E-state index is 5.96. The van der Waals surface area contributed by atoms with E-state index in [-0.39, 0.29) is 0 Å². The van der Waals surface area contributed by atoms with Crippen LogP contribution < -0.4 is 0 Å². The quantitative estimate of drug-likeness (QED) is 0.698. The van der Waals surface area contributed by atoms with Crippen LogP contribution in [-0.2, 0) is 6.42 Å². The predicted octanol–water partition coefficient (Wildman–Crippen LogP) is 3.35. The molecule has 1 heterocycles. The van der Waals surface area contributed by atoms with Crippen molar-refractivity contribution in [1.29, 1.82) is 0 Å². The zero-order valence-electron chi connectivity index (χ0n) is 7.60. The number of oxazole rings is 1. The molecule has 2 aromatic rings. The summed E-state index contributed by atoms with van der Waals surface area (Å²) >= 11 is 5.96. The number of rotatable bonds is 1. The molecule has 1 aromatic carbocycles. The van der Waals surface area contributed by atoms with E-state index in [0.717, 1.165) is 34.0 Å². The van der Waals surface area contributed by atoms with E-state index < -0.39 is 0 Å². The summed E-state index contributed by atoms with van der Waals surface area (Å²) in [5.74, 6) is 0.761. The van der Waals surface area contributed by atoms with Crippen LogP contribution in [0.2, 0.25) is 5.02 Å². The highest BCUT2D eigenvalue weighted by atomic mass is 35.5. The van der Waals surface area contributed by atoms with Crippen LogP contribution in [0.1, 0.15) is 18.4 Å². The molecule has 0 spiro atoms. The van der Waals surface area contributed by atoms with Crippen LogP contribution in [0.5, 0.6) is 0 Å². The molecule has 0 unspecified atom stereocenters. The Bertz CT molecular complexity index is 408. The van der Waals surface area contributed by atoms with Crippen LogP contribution in [0.4, 0.5) is 0 Å². The fourth-order valence-electron chi connectivity index (χ4n) is 1.25. The average Bonchev–Trinajstić information content (AvgIpc) is 2.48. The van der Waals surface area contributed by atoms with Crippen molar-refractivity contribution in [1.82, 2.24) is 4.98 Å². The monoisotopic (exact) mass is 195 g/mol. The highest BCUT2D eigenvalue weighted by Gasteiger charge is 2.06. The molecule has 0 N–H and O–H groups in total. The summed E-state index contributed by atoms with van der Waals surface area (Å²) in [6.07, 6.45) is 0.811. The summed E-state index contributed by atoms with van der Waals surface area (Å²) in [6.45, 7) is 3.97. The topological polar surface area (TPSA) is 26.0 Å². The molecular formula is C10H10ClNO. The number of aryl methyl sites for hydroxylation is 2. The zero-order chi connectivity index (χ0) is 9.42. The molecule has 0 radical (unpaired) electrons. The van der Waals surface area contributed by atoms with E-state index in [4.69, 9.17) is 16.0 Å². The Balaban J connectivity index is 2.70. The minimum atomic E-state index is 0.739. The Hall–Kier alpha value is -1.02. The lowest BCUT2D eigenvalue weighted by Gasteiger charge is -1.94. The van der Waals surface area contributed by atoms with Gasteiger partial charge in [-0.3, -0.25) is 0 Å². The molecule has 0 aliphatic carbocycles. The van der Waals surface area contributed by atoms with Crippen molar-refractivity contribution in [3.63, 3.8) is 0 Å². The molecule has 2 nitrogen and oxygen atoms in total. The third kappa shape index (κ3) is 1.42. The average molecular weight is 196 g/mol. The van der Waals surface area contributed by atoms with Gasteiger partial charge in [0, 0.05) is 11.4 Å². The number of aromatic nitrogens is 1. The van der Waals surface area contributed by atoms with Crippen LogP contribution in [0.15, 0.2) is 16.5 Å². The van der Waals surface area contributed by atoms with Crippen molar-refractivity contribution in [3.8, 4) is 0 Å². The molecule has 0 saturated carbocycles. The van der Waals surface area contributed by atoms with Gasteiger partial charge in [-0.25, -0.2) is 4.98 Å². The third-order valence-corrected chi connectivity index (χ3v) is 2.42. The summed E-state index contributed by atoms with van der Waals surface area (Å²) in [7, 11) is 0. The maximum Gasteiger partial charge on any atom is 0.195 e. The van der Waals surface area contributed by atoms with Gasteiger partial charge in [0.15, 0.2) is 11.5 Å². The van der Waals surface area contributed by atoms with Gasteiger partial charge in [0.25, 0.3) is 0 Å². The van der Waals surface area contributed by atoms with E-state index in [9.17, 15) is 0 Å². The first kappa shape index (κ1) is 8.57. The van der Waals surface area contributed by atoms with Crippen LogP contribution in [0.3, 0.4) is 0 Å². The molecule has 0 saturated heterocycles. The minimum Gasteiger partial charge on any atom is -0.441 e. The van der Waals surface area contributed by atoms with Crippen LogP contribution >= 0.6 is 11.6 Å². The maximum absolute atomic E-state index is 5.96. The van der Waals surface area contributed by atoms with E-state index in [1.54, 1.807) is 0 Å². The van der Waals surface area contributed by atoms with Gasteiger partial charge in [-0.2, -0.15) is 0 Å². The second-order valence-corrected chi connectivity index (χ2v) is 3.44. The summed E-state index contributed by atoms with van der Waals surface area (Å²) in [5.41, 5.74) is 2.68. The molecule has 3 heteroatoms. The second-order valence-electron chi connectivity index (χ2n) is 3.03. The lowest BCUT2D eigenvalue weighted by Crippen LogP contribution is -1.76. The van der Waals surface area contributed by atoms with E-state index in [1.165, 1.54) is 0 Å². The number of benzene rings is 1. The molecular weight excluding hydrogens is 186 g/mol. The summed E-state index contributed by atoms with van der Waals surface area (Å²) in [6, 6.07) is 3.76. The first-order valence-corrected chi connectivity index (χ1v) is 4.64. The molecule has 68 valence electrons. The highest BCUT2D eigenvalue weighted by molar-refractivity contribution is 6.32. The van der Waals surface area contributed by atoms with Crippen molar-refractivity contribution in [2.75, 3.05) is 0 Å². The van der Waals surface area contributed by atoms with Crippen LogP contribution in [-0.4, -0.2) is 4.98 Å². The Labute approximate surface area is 81.5 Å². The Morgan fingerprint density at radius 3 is 2.92 bits per heavy atom. The van der Waals surface area contributed by atoms with Gasteiger partial charge in [-0.15, -0.1) is 0 Å². The molecule has 1 aromatic heterocycles. The predicted molar refractivity (Wildman–Crippen MR) is 53.1 cm³/mol. The first-order chi connectivity index (χ1) is 6.20. The Kier molecular flexibility index (Phi) is 2.00. The molecule has 0 amide bonds. The Morgan fingerprint density at radius 1 is 1.46 bits per heavy atom. The molecule has 0 aliphatic heterocycles. The van der Waals surface area contributed by atoms with Gasteiger partial charge < -0.3 is 4.42 Å². The van der Waals surface area contributed by atoms with Crippen LogP contribution in [0, 0.1) is 6.92 Å². The van der Waals surface area contributed by atoms with Gasteiger partial charge in [0.05, 0.1) is 0 Å². The van der Waals surface area contributed by atoms with Crippen LogP contribution in [0.25, 0.3) is 11.1 Å². The van der Waals surface area contributed by atoms with Crippen molar-refractivity contribution in [2.45, 2.75) is 20.3 Å². The number of fused-ring (bicyclic) bond motifs is 1. The van der Waals surface area contributed by atoms with Crippen molar-refractivity contribution in [2.24, 2.45) is 0 Å². The lowest BCUT2D eigenvalue weighted by atomic mass is 10.2. The first-order valence-electron chi connectivity index (χ1n) is 4.26. The SMILES string of the molecule is CCc1nc2cc(Cl)c(C)cc2o1. The van der Waals surface area contributed by atoms with Gasteiger partial charge in [-0.05, 0) is 24.6 Å². The fraction of sp³-hybridized carbons (Fsp3) is 0.300. The van der Waals surface area contributed by atoms with Gasteiger partial charge in [-0.1, -0.05) is 18.5 Å². The van der Waals surface area contributed by atoms with Gasteiger partial charge in [0.2, 0.25) is 0 Å². The van der Waals surface area contributed by atoms with E-state index in [2.05, 4.69) is 4.98 Å². The van der Waals surface area contributed by atoms with E-state index in [1.807, 2.05) is 26.0 Å². The summed E-state index contributed by atoms with van der Waals surface area (Å²) in [5, 5.41) is 0.739. The van der Waals surface area contributed by atoms with Crippen molar-refractivity contribution in [3.05, 3.63) is 28.6 Å². The Morgan fingerprint density at radius 2 is 2.23 bits per heavy atom. The van der Waals surface area contributed by atoms with E-state index in [0.29, 0.717) is 0 Å².